The molecular weight excluding hydrogens is 685 g/mol. The van der Waals surface area contributed by atoms with Crippen LogP contribution in [0, 0.1) is 17.8 Å². The van der Waals surface area contributed by atoms with Gasteiger partial charge in [0.2, 0.25) is 0 Å². The Morgan fingerprint density at radius 1 is 0.364 bits per heavy atom. The van der Waals surface area contributed by atoms with Crippen molar-refractivity contribution in [3.8, 4) is 0 Å². The van der Waals surface area contributed by atoms with Crippen molar-refractivity contribution >= 4 is 17.9 Å². The standard InChI is InChI=1S/C49H94O6/c1-7-44(5)36-30-24-18-15-16-19-26-32-38-47(50)53-41-46(42-54-48(51)39-33-27-22-21-25-31-37-45(6)8-2)55-49(52)40-34-28-20-14-12-10-9-11-13-17-23-29-35-43(3)4/h43-46H,7-42H2,1-6H3/t44?,45?,46-/m1/s1. The predicted molar refractivity (Wildman–Crippen MR) is 233 cm³/mol. The molecule has 0 bridgehead atoms. The fourth-order valence-corrected chi connectivity index (χ4v) is 7.17. The number of hydrogen-bond acceptors (Lipinski definition) is 6. The average molecular weight is 779 g/mol. The van der Waals surface area contributed by atoms with Crippen molar-refractivity contribution < 1.29 is 28.6 Å². The van der Waals surface area contributed by atoms with E-state index in [1.165, 1.54) is 141 Å². The van der Waals surface area contributed by atoms with E-state index in [0.29, 0.717) is 19.3 Å². The van der Waals surface area contributed by atoms with E-state index in [1.54, 1.807) is 0 Å². The van der Waals surface area contributed by atoms with Crippen LogP contribution >= 0.6 is 0 Å². The van der Waals surface area contributed by atoms with Gasteiger partial charge in [-0.15, -0.1) is 0 Å². The van der Waals surface area contributed by atoms with Crippen LogP contribution in [0.4, 0.5) is 0 Å². The lowest BCUT2D eigenvalue weighted by atomic mass is 9.99. The second-order valence-corrected chi connectivity index (χ2v) is 17.7. The first kappa shape index (κ1) is 53.4. The molecule has 0 fully saturated rings. The van der Waals surface area contributed by atoms with Crippen LogP contribution in [0.25, 0.3) is 0 Å². The SMILES string of the molecule is CCC(C)CCCCCCCCCCC(=O)OC[C@H](COC(=O)CCCCCCCCC(C)CC)OC(=O)CCCCCCCCCCCCCCC(C)C. The second kappa shape index (κ2) is 40.6. The lowest BCUT2D eigenvalue weighted by molar-refractivity contribution is -0.167. The second-order valence-electron chi connectivity index (χ2n) is 17.7. The minimum atomic E-state index is -0.763. The largest absolute Gasteiger partial charge is 0.462 e. The molecule has 6 nitrogen and oxygen atoms in total. The van der Waals surface area contributed by atoms with E-state index in [9.17, 15) is 14.4 Å². The number of esters is 3. The summed E-state index contributed by atoms with van der Waals surface area (Å²) < 4.78 is 16.7. The highest BCUT2D eigenvalue weighted by molar-refractivity contribution is 5.71. The van der Waals surface area contributed by atoms with Crippen LogP contribution in [0.15, 0.2) is 0 Å². The highest BCUT2D eigenvalue weighted by Crippen LogP contribution is 2.18. The molecular formula is C49H94O6. The van der Waals surface area contributed by atoms with Gasteiger partial charge in [-0.25, -0.2) is 0 Å². The third kappa shape index (κ3) is 40.4. The van der Waals surface area contributed by atoms with Crippen molar-refractivity contribution in [1.29, 1.82) is 0 Å². The molecule has 0 aromatic heterocycles. The summed E-state index contributed by atoms with van der Waals surface area (Å²) in [4.78, 5) is 37.8. The molecule has 0 amide bonds. The summed E-state index contributed by atoms with van der Waals surface area (Å²) in [5, 5.41) is 0. The molecule has 0 aliphatic carbocycles. The van der Waals surface area contributed by atoms with Crippen molar-refractivity contribution in [1.82, 2.24) is 0 Å². The van der Waals surface area contributed by atoms with E-state index in [4.69, 9.17) is 14.2 Å². The molecule has 3 atom stereocenters. The van der Waals surface area contributed by atoms with Gasteiger partial charge in [-0.3, -0.25) is 14.4 Å². The minimum absolute atomic E-state index is 0.0664. The Hall–Kier alpha value is -1.59. The van der Waals surface area contributed by atoms with E-state index in [0.717, 1.165) is 75.5 Å². The lowest BCUT2D eigenvalue weighted by Crippen LogP contribution is -2.30. The van der Waals surface area contributed by atoms with Crippen LogP contribution < -0.4 is 0 Å². The Balaban J connectivity index is 4.34. The van der Waals surface area contributed by atoms with Gasteiger partial charge in [0.15, 0.2) is 6.10 Å². The Kier molecular flexibility index (Phi) is 39.4. The van der Waals surface area contributed by atoms with Crippen LogP contribution in [0.5, 0.6) is 0 Å². The maximum atomic E-state index is 12.7. The third-order valence-electron chi connectivity index (χ3n) is 11.6. The third-order valence-corrected chi connectivity index (χ3v) is 11.6. The molecule has 0 heterocycles. The molecule has 0 aromatic carbocycles. The molecule has 6 heteroatoms. The summed E-state index contributed by atoms with van der Waals surface area (Å²) in [5.74, 6) is 1.63. The van der Waals surface area contributed by atoms with Crippen LogP contribution in [0.2, 0.25) is 0 Å². The first-order valence-corrected chi connectivity index (χ1v) is 24.2. The Morgan fingerprint density at radius 3 is 0.945 bits per heavy atom. The Labute approximate surface area is 342 Å². The Bertz CT molecular complexity index is 856. The number of carbonyl (C=O) groups is 3. The molecule has 2 unspecified atom stereocenters. The van der Waals surface area contributed by atoms with Crippen molar-refractivity contribution in [3.63, 3.8) is 0 Å². The number of unbranched alkanes of at least 4 members (excludes halogenated alkanes) is 23. The normalized spacial score (nSPS) is 13.1. The average Bonchev–Trinajstić information content (AvgIpc) is 3.17. The fourth-order valence-electron chi connectivity index (χ4n) is 7.17. The van der Waals surface area contributed by atoms with Gasteiger partial charge in [0.05, 0.1) is 0 Å². The molecule has 0 spiro atoms. The van der Waals surface area contributed by atoms with Crippen molar-refractivity contribution in [2.24, 2.45) is 17.8 Å². The van der Waals surface area contributed by atoms with E-state index in [-0.39, 0.29) is 31.1 Å². The van der Waals surface area contributed by atoms with Gasteiger partial charge in [0.1, 0.15) is 13.2 Å². The maximum Gasteiger partial charge on any atom is 0.306 e. The zero-order valence-electron chi connectivity index (χ0n) is 37.7. The fraction of sp³-hybridized carbons (Fsp3) is 0.939. The minimum Gasteiger partial charge on any atom is -0.462 e. The molecule has 0 aliphatic heterocycles. The van der Waals surface area contributed by atoms with Crippen LogP contribution in [0.3, 0.4) is 0 Å². The molecule has 0 rings (SSSR count). The summed E-state index contributed by atoms with van der Waals surface area (Å²) in [5.41, 5.74) is 0. The van der Waals surface area contributed by atoms with E-state index >= 15 is 0 Å². The molecule has 0 aliphatic rings. The molecule has 326 valence electrons. The van der Waals surface area contributed by atoms with Gasteiger partial charge in [0, 0.05) is 19.3 Å². The summed E-state index contributed by atoms with van der Waals surface area (Å²) in [7, 11) is 0. The summed E-state index contributed by atoms with van der Waals surface area (Å²) in [6, 6.07) is 0. The van der Waals surface area contributed by atoms with E-state index < -0.39 is 6.10 Å². The van der Waals surface area contributed by atoms with E-state index in [2.05, 4.69) is 41.5 Å². The van der Waals surface area contributed by atoms with Crippen molar-refractivity contribution in [2.75, 3.05) is 13.2 Å². The van der Waals surface area contributed by atoms with Gasteiger partial charge >= 0.3 is 17.9 Å². The zero-order chi connectivity index (χ0) is 40.6. The first-order chi connectivity index (χ1) is 26.7. The monoisotopic (exact) mass is 779 g/mol. The first-order valence-electron chi connectivity index (χ1n) is 24.2. The molecule has 0 N–H and O–H groups in total. The topological polar surface area (TPSA) is 78.9 Å². The smallest absolute Gasteiger partial charge is 0.306 e. The molecule has 0 radical (unpaired) electrons. The van der Waals surface area contributed by atoms with E-state index in [1.807, 2.05) is 0 Å². The van der Waals surface area contributed by atoms with Gasteiger partial charge < -0.3 is 14.2 Å². The molecule has 0 aromatic rings. The summed E-state index contributed by atoms with van der Waals surface area (Å²) in [6.45, 7) is 13.7. The summed E-state index contributed by atoms with van der Waals surface area (Å²) in [6.07, 6.45) is 38.0. The van der Waals surface area contributed by atoms with Crippen molar-refractivity contribution in [2.45, 2.75) is 266 Å². The highest BCUT2D eigenvalue weighted by Gasteiger charge is 2.19. The van der Waals surface area contributed by atoms with Gasteiger partial charge in [0.25, 0.3) is 0 Å². The van der Waals surface area contributed by atoms with Gasteiger partial charge in [-0.2, -0.15) is 0 Å². The maximum absolute atomic E-state index is 12.7. The molecule has 55 heavy (non-hydrogen) atoms. The van der Waals surface area contributed by atoms with Crippen LogP contribution in [-0.4, -0.2) is 37.2 Å². The number of rotatable bonds is 42. The highest BCUT2D eigenvalue weighted by atomic mass is 16.6. The number of carbonyl (C=O) groups excluding carboxylic acids is 3. The summed E-state index contributed by atoms with van der Waals surface area (Å²) >= 11 is 0. The lowest BCUT2D eigenvalue weighted by Gasteiger charge is -2.18. The predicted octanol–water partition coefficient (Wildman–Crippen LogP) is 15.2. The molecule has 0 saturated carbocycles. The molecule has 0 saturated heterocycles. The quantitative estimate of drug-likeness (QED) is 0.0349. The van der Waals surface area contributed by atoms with Crippen LogP contribution in [0.1, 0.15) is 260 Å². The van der Waals surface area contributed by atoms with Gasteiger partial charge in [-0.05, 0) is 37.0 Å². The zero-order valence-corrected chi connectivity index (χ0v) is 37.7. The van der Waals surface area contributed by atoms with Crippen molar-refractivity contribution in [3.05, 3.63) is 0 Å². The number of ether oxygens (including phenoxy) is 3. The Morgan fingerprint density at radius 2 is 0.636 bits per heavy atom. The van der Waals surface area contributed by atoms with Gasteiger partial charge in [-0.1, -0.05) is 221 Å². The van der Waals surface area contributed by atoms with Crippen LogP contribution in [-0.2, 0) is 28.6 Å². The number of hydrogen-bond donors (Lipinski definition) is 0.